The molecule has 3 heteroatoms. The molecule has 2 atom stereocenters. The van der Waals surface area contributed by atoms with Crippen LogP contribution in [0.3, 0.4) is 0 Å². The topological polar surface area (TPSA) is 41.5 Å². The fraction of sp³-hybridized carbons (Fsp3) is 0.455. The highest BCUT2D eigenvalue weighted by Crippen LogP contribution is 2.08. The summed E-state index contributed by atoms with van der Waals surface area (Å²) in [5, 5.41) is 12.6. The van der Waals surface area contributed by atoms with Crippen LogP contribution >= 0.6 is 0 Å². The number of rotatable bonds is 3. The van der Waals surface area contributed by atoms with Crippen LogP contribution in [0.15, 0.2) is 30.3 Å². The van der Waals surface area contributed by atoms with E-state index in [1.165, 1.54) is 0 Å². The number of benzene rings is 1. The van der Waals surface area contributed by atoms with Gasteiger partial charge in [0.05, 0.1) is 18.8 Å². The maximum Gasteiger partial charge on any atom is 0.0974 e. The summed E-state index contributed by atoms with van der Waals surface area (Å²) in [7, 11) is 0. The summed E-state index contributed by atoms with van der Waals surface area (Å²) in [6, 6.07) is 10.0. The second-order valence-corrected chi connectivity index (χ2v) is 3.56. The van der Waals surface area contributed by atoms with Crippen molar-refractivity contribution in [3.05, 3.63) is 35.9 Å². The van der Waals surface area contributed by atoms with Crippen LogP contribution in [0.25, 0.3) is 0 Å². The molecule has 0 bridgehead atoms. The third kappa shape index (κ3) is 2.32. The number of nitrogens with one attached hydrogen (secondary N) is 1. The Morgan fingerprint density at radius 1 is 1.29 bits per heavy atom. The van der Waals surface area contributed by atoms with Crippen LogP contribution in [0.2, 0.25) is 0 Å². The van der Waals surface area contributed by atoms with Crippen molar-refractivity contribution < 1.29 is 9.84 Å². The van der Waals surface area contributed by atoms with Crippen molar-refractivity contribution in [2.24, 2.45) is 0 Å². The summed E-state index contributed by atoms with van der Waals surface area (Å²) in [5.74, 6) is 0. The lowest BCUT2D eigenvalue weighted by Gasteiger charge is -2.14. The molecule has 0 amide bonds. The minimum atomic E-state index is -0.362. The van der Waals surface area contributed by atoms with Crippen molar-refractivity contribution >= 4 is 0 Å². The lowest BCUT2D eigenvalue weighted by molar-refractivity contribution is -0.0169. The number of aliphatic hydroxyl groups is 1. The quantitative estimate of drug-likeness (QED) is 0.736. The van der Waals surface area contributed by atoms with E-state index in [-0.39, 0.29) is 12.2 Å². The van der Waals surface area contributed by atoms with Crippen molar-refractivity contribution in [2.75, 3.05) is 13.1 Å². The Labute approximate surface area is 83.7 Å². The van der Waals surface area contributed by atoms with Gasteiger partial charge in [-0.2, -0.15) is 0 Å². The molecule has 1 aliphatic heterocycles. The monoisotopic (exact) mass is 193 g/mol. The highest BCUT2D eigenvalue weighted by atomic mass is 16.5. The summed E-state index contributed by atoms with van der Waals surface area (Å²) in [5.41, 5.74) is 1.15. The lowest BCUT2D eigenvalue weighted by Crippen LogP contribution is -2.26. The molecule has 3 nitrogen and oxygen atoms in total. The molecular weight excluding hydrogens is 178 g/mol. The summed E-state index contributed by atoms with van der Waals surface area (Å²) in [4.78, 5) is 0. The molecule has 1 fully saturated rings. The van der Waals surface area contributed by atoms with Crippen LogP contribution in [0.4, 0.5) is 0 Å². The molecule has 1 aromatic carbocycles. The molecule has 0 saturated carbocycles. The van der Waals surface area contributed by atoms with Gasteiger partial charge in [-0.1, -0.05) is 30.3 Å². The zero-order valence-electron chi connectivity index (χ0n) is 8.02. The molecular formula is C11H15NO2. The first-order valence-electron chi connectivity index (χ1n) is 4.90. The van der Waals surface area contributed by atoms with Gasteiger partial charge in [0, 0.05) is 13.1 Å². The third-order valence-electron chi connectivity index (χ3n) is 2.44. The molecule has 2 N–H and O–H groups in total. The van der Waals surface area contributed by atoms with Gasteiger partial charge in [0.15, 0.2) is 0 Å². The zero-order chi connectivity index (χ0) is 9.80. The molecule has 1 aromatic rings. The standard InChI is InChI=1S/C11H15NO2/c13-10-6-12-7-11(10)14-8-9-4-2-1-3-5-9/h1-5,10-13H,6-8H2. The normalized spacial score (nSPS) is 26.6. The Hall–Kier alpha value is -0.900. The first kappa shape index (κ1) is 9.65. The summed E-state index contributed by atoms with van der Waals surface area (Å²) >= 11 is 0. The highest BCUT2D eigenvalue weighted by molar-refractivity contribution is 5.13. The van der Waals surface area contributed by atoms with Gasteiger partial charge >= 0.3 is 0 Å². The Bertz CT molecular complexity index is 276. The van der Waals surface area contributed by atoms with E-state index in [9.17, 15) is 5.11 Å². The van der Waals surface area contributed by atoms with Crippen LogP contribution in [-0.4, -0.2) is 30.4 Å². The zero-order valence-corrected chi connectivity index (χ0v) is 8.02. The SMILES string of the molecule is OC1CNCC1OCc1ccccc1. The Balaban J connectivity index is 1.82. The van der Waals surface area contributed by atoms with Gasteiger partial charge in [0.1, 0.15) is 0 Å². The van der Waals surface area contributed by atoms with Crippen LogP contribution in [0, 0.1) is 0 Å². The predicted molar refractivity (Wildman–Crippen MR) is 53.9 cm³/mol. The van der Waals surface area contributed by atoms with Crippen LogP contribution in [0.1, 0.15) is 5.56 Å². The predicted octanol–water partition coefficient (Wildman–Crippen LogP) is 0.536. The van der Waals surface area contributed by atoms with E-state index in [0.29, 0.717) is 13.2 Å². The first-order valence-corrected chi connectivity index (χ1v) is 4.90. The van der Waals surface area contributed by atoms with Gasteiger partial charge < -0.3 is 15.2 Å². The number of hydrogen-bond donors (Lipinski definition) is 2. The molecule has 1 heterocycles. The van der Waals surface area contributed by atoms with Gasteiger partial charge in [0.2, 0.25) is 0 Å². The number of hydrogen-bond acceptors (Lipinski definition) is 3. The summed E-state index contributed by atoms with van der Waals surface area (Å²) in [6.07, 6.45) is -0.422. The van der Waals surface area contributed by atoms with Gasteiger partial charge in [-0.05, 0) is 5.56 Å². The molecule has 2 unspecified atom stereocenters. The molecule has 0 radical (unpaired) electrons. The number of β-amino-alcohol motifs (C(OH)–C–C–N with tert-alkyl or cyclic N) is 1. The summed E-state index contributed by atoms with van der Waals surface area (Å²) < 4.78 is 5.59. The smallest absolute Gasteiger partial charge is 0.0974 e. The van der Waals surface area contributed by atoms with E-state index in [1.807, 2.05) is 30.3 Å². The largest absolute Gasteiger partial charge is 0.389 e. The molecule has 0 aliphatic carbocycles. The fourth-order valence-electron chi connectivity index (χ4n) is 1.59. The average molecular weight is 193 g/mol. The first-order chi connectivity index (χ1) is 6.86. The molecule has 76 valence electrons. The summed E-state index contributed by atoms with van der Waals surface area (Å²) in [6.45, 7) is 1.96. The van der Waals surface area contributed by atoms with E-state index in [0.717, 1.165) is 12.1 Å². The van der Waals surface area contributed by atoms with E-state index in [1.54, 1.807) is 0 Å². The van der Waals surface area contributed by atoms with Crippen LogP contribution in [0.5, 0.6) is 0 Å². The Morgan fingerprint density at radius 3 is 2.71 bits per heavy atom. The number of aliphatic hydroxyl groups excluding tert-OH is 1. The second kappa shape index (κ2) is 4.55. The average Bonchev–Trinajstić information content (AvgIpc) is 2.63. The fourth-order valence-corrected chi connectivity index (χ4v) is 1.59. The molecule has 1 saturated heterocycles. The Kier molecular flexibility index (Phi) is 3.14. The van der Waals surface area contributed by atoms with Gasteiger partial charge in [-0.25, -0.2) is 0 Å². The van der Waals surface area contributed by atoms with Crippen LogP contribution in [-0.2, 0) is 11.3 Å². The molecule has 0 spiro atoms. The highest BCUT2D eigenvalue weighted by Gasteiger charge is 2.25. The second-order valence-electron chi connectivity index (χ2n) is 3.56. The molecule has 1 aliphatic rings. The van der Waals surface area contributed by atoms with E-state index in [4.69, 9.17) is 4.74 Å². The van der Waals surface area contributed by atoms with Crippen LogP contribution < -0.4 is 5.32 Å². The van der Waals surface area contributed by atoms with Crippen molar-refractivity contribution in [1.29, 1.82) is 0 Å². The van der Waals surface area contributed by atoms with Crippen molar-refractivity contribution in [3.8, 4) is 0 Å². The minimum Gasteiger partial charge on any atom is -0.389 e. The lowest BCUT2D eigenvalue weighted by atomic mass is 10.2. The Morgan fingerprint density at radius 2 is 2.07 bits per heavy atom. The van der Waals surface area contributed by atoms with Gasteiger partial charge in [-0.15, -0.1) is 0 Å². The molecule has 0 aromatic heterocycles. The van der Waals surface area contributed by atoms with Gasteiger partial charge in [0.25, 0.3) is 0 Å². The molecule has 2 rings (SSSR count). The maximum absolute atomic E-state index is 9.48. The van der Waals surface area contributed by atoms with E-state index >= 15 is 0 Å². The van der Waals surface area contributed by atoms with Crippen molar-refractivity contribution in [3.63, 3.8) is 0 Å². The van der Waals surface area contributed by atoms with E-state index in [2.05, 4.69) is 5.32 Å². The molecule has 14 heavy (non-hydrogen) atoms. The minimum absolute atomic E-state index is 0.0600. The van der Waals surface area contributed by atoms with Gasteiger partial charge in [-0.3, -0.25) is 0 Å². The van der Waals surface area contributed by atoms with Crippen molar-refractivity contribution in [1.82, 2.24) is 5.32 Å². The van der Waals surface area contributed by atoms with E-state index < -0.39 is 0 Å². The third-order valence-corrected chi connectivity index (χ3v) is 2.44. The van der Waals surface area contributed by atoms with Crippen molar-refractivity contribution in [2.45, 2.75) is 18.8 Å². The maximum atomic E-state index is 9.48. The number of ether oxygens (including phenoxy) is 1.